The molecule has 0 radical (unpaired) electrons. The molecule has 5 heteroatoms. The van der Waals surface area contributed by atoms with Crippen LogP contribution in [-0.4, -0.2) is 33.6 Å². The first-order valence-electron chi connectivity index (χ1n) is 8.40. The van der Waals surface area contributed by atoms with Gasteiger partial charge in [-0.3, -0.25) is 4.98 Å². The number of nitrogens with one attached hydrogen (secondary N) is 1. The van der Waals surface area contributed by atoms with Gasteiger partial charge in [-0.1, -0.05) is 36.4 Å². The zero-order valence-corrected chi connectivity index (χ0v) is 13.6. The zero-order chi connectivity index (χ0) is 16.8. The fourth-order valence-electron chi connectivity index (χ4n) is 3.20. The second-order valence-electron chi connectivity index (χ2n) is 6.17. The third-order valence-electron chi connectivity index (χ3n) is 4.48. The molecule has 2 aromatic rings. The van der Waals surface area contributed by atoms with Crippen molar-refractivity contribution in [3.63, 3.8) is 0 Å². The number of carbonyl (C=O) groups excluding carboxylic acids is 1. The van der Waals surface area contributed by atoms with Gasteiger partial charge in [-0.25, -0.2) is 4.79 Å². The topological polar surface area (TPSA) is 65.5 Å². The normalized spacial score (nSPS) is 18.4. The standard InChI is InChI=1S/C19H23N3O2/c23-18(16-7-2-1-3-8-16)12-17-9-5-11-22(17)19(24)21-14-15-6-4-10-20-13-15/h1-4,6-8,10,13,17-18,23H,5,9,11-12,14H2,(H,21,24). The number of amides is 2. The Bertz CT molecular complexity index is 648. The highest BCUT2D eigenvalue weighted by Crippen LogP contribution is 2.27. The van der Waals surface area contributed by atoms with Crippen molar-refractivity contribution >= 4 is 6.03 Å². The van der Waals surface area contributed by atoms with Crippen LogP contribution < -0.4 is 5.32 Å². The molecule has 5 nitrogen and oxygen atoms in total. The Morgan fingerprint density at radius 3 is 2.88 bits per heavy atom. The van der Waals surface area contributed by atoms with E-state index in [1.165, 1.54) is 0 Å². The minimum Gasteiger partial charge on any atom is -0.388 e. The van der Waals surface area contributed by atoms with Crippen LogP contribution in [0.4, 0.5) is 4.79 Å². The first-order valence-corrected chi connectivity index (χ1v) is 8.40. The molecule has 1 aliphatic rings. The summed E-state index contributed by atoms with van der Waals surface area (Å²) in [6.45, 7) is 1.21. The number of aromatic nitrogens is 1. The molecule has 24 heavy (non-hydrogen) atoms. The maximum absolute atomic E-state index is 12.5. The van der Waals surface area contributed by atoms with Crippen molar-refractivity contribution < 1.29 is 9.90 Å². The van der Waals surface area contributed by atoms with Crippen molar-refractivity contribution in [2.24, 2.45) is 0 Å². The highest BCUT2D eigenvalue weighted by atomic mass is 16.3. The van der Waals surface area contributed by atoms with Crippen LogP contribution in [0.5, 0.6) is 0 Å². The van der Waals surface area contributed by atoms with Crippen molar-refractivity contribution in [3.05, 3.63) is 66.0 Å². The lowest BCUT2D eigenvalue weighted by Crippen LogP contribution is -2.43. The summed E-state index contributed by atoms with van der Waals surface area (Å²) in [6.07, 6.45) is 5.41. The van der Waals surface area contributed by atoms with Gasteiger partial charge in [0.25, 0.3) is 0 Å². The minimum atomic E-state index is -0.539. The maximum Gasteiger partial charge on any atom is 0.317 e. The predicted octanol–water partition coefficient (Wildman–Crippen LogP) is 2.88. The number of likely N-dealkylation sites (tertiary alicyclic amines) is 1. The first-order chi connectivity index (χ1) is 11.7. The number of carbonyl (C=O) groups is 1. The van der Waals surface area contributed by atoms with Gasteiger partial charge in [0.1, 0.15) is 0 Å². The Morgan fingerprint density at radius 2 is 2.12 bits per heavy atom. The number of rotatable bonds is 5. The molecule has 2 N–H and O–H groups in total. The van der Waals surface area contributed by atoms with E-state index in [2.05, 4.69) is 10.3 Å². The van der Waals surface area contributed by atoms with Crippen molar-refractivity contribution in [1.29, 1.82) is 0 Å². The van der Waals surface area contributed by atoms with Crippen LogP contribution in [0.15, 0.2) is 54.9 Å². The number of aliphatic hydroxyl groups is 1. The number of hydrogen-bond acceptors (Lipinski definition) is 3. The summed E-state index contributed by atoms with van der Waals surface area (Å²) in [7, 11) is 0. The quantitative estimate of drug-likeness (QED) is 0.888. The number of nitrogens with zero attached hydrogens (tertiary/aromatic N) is 2. The van der Waals surface area contributed by atoms with Gasteiger partial charge >= 0.3 is 6.03 Å². The molecule has 1 aliphatic heterocycles. The highest BCUT2D eigenvalue weighted by Gasteiger charge is 2.30. The summed E-state index contributed by atoms with van der Waals surface area (Å²) in [6, 6.07) is 13.4. The Kier molecular flexibility index (Phi) is 5.43. The second kappa shape index (κ2) is 7.93. The fraction of sp³-hybridized carbons (Fsp3) is 0.368. The van der Waals surface area contributed by atoms with Gasteiger partial charge in [-0.05, 0) is 36.5 Å². The second-order valence-corrected chi connectivity index (χ2v) is 6.17. The number of hydrogen-bond donors (Lipinski definition) is 2. The number of urea groups is 1. The van der Waals surface area contributed by atoms with Crippen LogP contribution in [0.2, 0.25) is 0 Å². The summed E-state index contributed by atoms with van der Waals surface area (Å²) in [5, 5.41) is 13.4. The minimum absolute atomic E-state index is 0.0679. The highest BCUT2D eigenvalue weighted by molar-refractivity contribution is 5.74. The predicted molar refractivity (Wildman–Crippen MR) is 92.2 cm³/mol. The van der Waals surface area contributed by atoms with E-state index < -0.39 is 6.10 Å². The summed E-state index contributed by atoms with van der Waals surface area (Å²) in [5.41, 5.74) is 1.88. The molecular formula is C19H23N3O2. The van der Waals surface area contributed by atoms with Crippen molar-refractivity contribution in [2.45, 2.75) is 38.0 Å². The van der Waals surface area contributed by atoms with Crippen LogP contribution in [0.25, 0.3) is 0 Å². The van der Waals surface area contributed by atoms with E-state index in [1.54, 1.807) is 12.4 Å². The summed E-state index contributed by atoms with van der Waals surface area (Å²) in [4.78, 5) is 18.4. The molecular weight excluding hydrogens is 302 g/mol. The van der Waals surface area contributed by atoms with Gasteiger partial charge in [0.05, 0.1) is 6.10 Å². The number of benzene rings is 1. The lowest BCUT2D eigenvalue weighted by Gasteiger charge is -2.27. The Balaban J connectivity index is 1.55. The average Bonchev–Trinajstić information content (AvgIpc) is 3.09. The molecule has 2 atom stereocenters. The lowest BCUT2D eigenvalue weighted by molar-refractivity contribution is 0.126. The number of aliphatic hydroxyl groups excluding tert-OH is 1. The molecule has 1 aromatic carbocycles. The molecule has 1 saturated heterocycles. The Hall–Kier alpha value is -2.40. The van der Waals surface area contributed by atoms with Crippen molar-refractivity contribution in [1.82, 2.24) is 15.2 Å². The van der Waals surface area contributed by atoms with E-state index in [1.807, 2.05) is 47.4 Å². The molecule has 126 valence electrons. The van der Waals surface area contributed by atoms with Crippen LogP contribution >= 0.6 is 0 Å². The fourth-order valence-corrected chi connectivity index (χ4v) is 3.20. The smallest absolute Gasteiger partial charge is 0.317 e. The number of pyridine rings is 1. The molecule has 2 amide bonds. The van der Waals surface area contributed by atoms with Gasteiger partial charge in [0.2, 0.25) is 0 Å². The van der Waals surface area contributed by atoms with Gasteiger partial charge in [-0.2, -0.15) is 0 Å². The zero-order valence-electron chi connectivity index (χ0n) is 13.6. The first kappa shape index (κ1) is 16.5. The summed E-state index contributed by atoms with van der Waals surface area (Å²) >= 11 is 0. The average molecular weight is 325 g/mol. The van der Waals surface area contributed by atoms with E-state index in [9.17, 15) is 9.90 Å². The molecule has 3 rings (SSSR count). The van der Waals surface area contributed by atoms with Gasteiger partial charge in [0, 0.05) is 31.5 Å². The van der Waals surface area contributed by atoms with E-state index in [0.717, 1.165) is 30.5 Å². The molecule has 0 bridgehead atoms. The third kappa shape index (κ3) is 4.11. The SMILES string of the molecule is O=C(NCc1cccnc1)N1CCCC1CC(O)c1ccccc1. The van der Waals surface area contributed by atoms with Crippen LogP contribution in [0.3, 0.4) is 0 Å². The Labute approximate surface area is 142 Å². The lowest BCUT2D eigenvalue weighted by atomic mass is 10.0. The van der Waals surface area contributed by atoms with E-state index in [0.29, 0.717) is 13.0 Å². The summed E-state index contributed by atoms with van der Waals surface area (Å²) in [5.74, 6) is 0. The monoisotopic (exact) mass is 325 g/mol. The van der Waals surface area contributed by atoms with Crippen molar-refractivity contribution in [2.75, 3.05) is 6.54 Å². The van der Waals surface area contributed by atoms with Crippen LogP contribution in [-0.2, 0) is 6.54 Å². The molecule has 0 aliphatic carbocycles. The third-order valence-corrected chi connectivity index (χ3v) is 4.48. The maximum atomic E-state index is 12.5. The molecule has 1 aromatic heterocycles. The van der Waals surface area contributed by atoms with Gasteiger partial charge in [-0.15, -0.1) is 0 Å². The van der Waals surface area contributed by atoms with Gasteiger partial charge < -0.3 is 15.3 Å². The van der Waals surface area contributed by atoms with Crippen LogP contribution in [0.1, 0.15) is 36.5 Å². The molecule has 2 unspecified atom stereocenters. The van der Waals surface area contributed by atoms with E-state index >= 15 is 0 Å². The van der Waals surface area contributed by atoms with Crippen molar-refractivity contribution in [3.8, 4) is 0 Å². The van der Waals surface area contributed by atoms with E-state index in [4.69, 9.17) is 0 Å². The van der Waals surface area contributed by atoms with E-state index in [-0.39, 0.29) is 12.1 Å². The largest absolute Gasteiger partial charge is 0.388 e. The molecule has 0 saturated carbocycles. The van der Waals surface area contributed by atoms with Gasteiger partial charge in [0.15, 0.2) is 0 Å². The Morgan fingerprint density at radius 1 is 1.29 bits per heavy atom. The molecule has 2 heterocycles. The molecule has 0 spiro atoms. The summed E-state index contributed by atoms with van der Waals surface area (Å²) < 4.78 is 0. The molecule has 1 fully saturated rings. The van der Waals surface area contributed by atoms with Crippen LogP contribution in [0, 0.1) is 0 Å².